The number of amides is 1. The van der Waals surface area contributed by atoms with Gasteiger partial charge in [-0.15, -0.1) is 0 Å². The number of benzene rings is 1. The summed E-state index contributed by atoms with van der Waals surface area (Å²) in [5.74, 6) is -0.332. The molecule has 1 aromatic carbocycles. The highest BCUT2D eigenvalue weighted by Gasteiger charge is 2.17. The third-order valence-corrected chi connectivity index (χ3v) is 4.29. The first kappa shape index (κ1) is 9.83. The predicted molar refractivity (Wildman–Crippen MR) is 99.8 cm³/mol. The fourth-order valence-electron chi connectivity index (χ4n) is 2.76. The van der Waals surface area contributed by atoms with E-state index in [1.807, 2.05) is 36.7 Å². The number of nitrogens with zero attached hydrogens (tertiary/aromatic N) is 4. The quantitative estimate of drug-likeness (QED) is 0.721. The summed E-state index contributed by atoms with van der Waals surface area (Å²) in [5, 5.41) is 1.51. The zero-order chi connectivity index (χ0) is 25.3. The summed E-state index contributed by atoms with van der Waals surface area (Å²) in [5.41, 5.74) is 1.95. The van der Waals surface area contributed by atoms with Gasteiger partial charge in [-0.05, 0) is 24.4 Å². The number of aromatic nitrogens is 3. The van der Waals surface area contributed by atoms with Crippen LogP contribution in [-0.4, -0.2) is 51.5 Å². The van der Waals surface area contributed by atoms with E-state index in [9.17, 15) is 4.79 Å². The highest BCUT2D eigenvalue weighted by atomic mass is 16.5. The molecule has 0 bridgehead atoms. The molecule has 0 aliphatic carbocycles. The van der Waals surface area contributed by atoms with Crippen molar-refractivity contribution >= 4 is 16.7 Å². The molecular weight excluding hydrogens is 328 g/mol. The minimum Gasteiger partial charge on any atom is -0.378 e. The molecule has 0 radical (unpaired) electrons. The topological polar surface area (TPSA) is 60.2 Å². The summed E-state index contributed by atoms with van der Waals surface area (Å²) in [6.45, 7) is -11.2. The van der Waals surface area contributed by atoms with Crippen LogP contribution in [0.5, 0.6) is 0 Å². The van der Waals surface area contributed by atoms with Crippen LogP contribution >= 0.6 is 0 Å². The molecule has 134 valence electrons. The second kappa shape index (κ2) is 6.88. The minimum atomic E-state index is -3.29. The van der Waals surface area contributed by atoms with Gasteiger partial charge in [0.05, 0.1) is 48.1 Å². The summed E-state index contributed by atoms with van der Waals surface area (Å²) in [7, 11) is 1.89. The Bertz CT molecular complexity index is 1260. The number of fused-ring (bicyclic) bond motifs is 1. The van der Waals surface area contributed by atoms with Gasteiger partial charge in [-0.25, -0.2) is 4.98 Å². The van der Waals surface area contributed by atoms with Crippen LogP contribution in [0.4, 0.5) is 0 Å². The van der Waals surface area contributed by atoms with E-state index in [1.54, 1.807) is 12.3 Å². The van der Waals surface area contributed by atoms with Crippen molar-refractivity contribution in [3.63, 3.8) is 0 Å². The standard InChI is InChI=1S/C20H22N4O2/c1-14-21-13-19(23(14)2)15-3-4-16-12-22-18(10-17(16)9-15)11-20(25)24-5-7-26-8-6-24/h3-4,9-10,12-13H,5-8,11H2,1-2H3/i5D2,6D2,7D2,8D2. The Morgan fingerprint density at radius 3 is 2.73 bits per heavy atom. The molecule has 2 aromatic heterocycles. The molecule has 0 spiro atoms. The van der Waals surface area contributed by atoms with Crippen molar-refractivity contribution in [2.24, 2.45) is 7.05 Å². The van der Waals surface area contributed by atoms with E-state index in [1.165, 1.54) is 6.20 Å². The number of ether oxygens (including phenoxy) is 1. The van der Waals surface area contributed by atoms with E-state index >= 15 is 0 Å². The fourth-order valence-corrected chi connectivity index (χ4v) is 2.76. The summed E-state index contributed by atoms with van der Waals surface area (Å²) in [6.07, 6.45) is 2.69. The third-order valence-electron chi connectivity index (χ3n) is 4.29. The molecular formula is C20H22N4O2. The SMILES string of the molecule is [2H]C1([2H])OC([2H])([2H])C([2H])([2H])N(C(=O)Cc2cc3cc(-c4cnc(C)n4C)ccc3cn2)C1([2H])[2H]. The molecule has 1 saturated heterocycles. The van der Waals surface area contributed by atoms with Crippen LogP contribution in [0, 0.1) is 6.92 Å². The number of carbonyl (C=O) groups excluding carboxylic acids is 1. The van der Waals surface area contributed by atoms with Gasteiger partial charge in [-0.1, -0.05) is 12.1 Å². The van der Waals surface area contributed by atoms with Crippen molar-refractivity contribution in [2.75, 3.05) is 26.1 Å². The Balaban J connectivity index is 1.70. The van der Waals surface area contributed by atoms with Crippen LogP contribution in [0.3, 0.4) is 0 Å². The number of morpholine rings is 1. The third kappa shape index (κ3) is 3.20. The molecule has 6 heteroatoms. The van der Waals surface area contributed by atoms with Gasteiger partial charge in [-0.2, -0.15) is 0 Å². The Morgan fingerprint density at radius 2 is 2.00 bits per heavy atom. The van der Waals surface area contributed by atoms with Gasteiger partial charge in [0.25, 0.3) is 0 Å². The summed E-state index contributed by atoms with van der Waals surface area (Å²) < 4.78 is 69.5. The molecule has 4 rings (SSSR count). The van der Waals surface area contributed by atoms with Crippen LogP contribution in [0.1, 0.15) is 22.5 Å². The largest absolute Gasteiger partial charge is 0.378 e. The number of rotatable bonds is 3. The van der Waals surface area contributed by atoms with Gasteiger partial charge in [0.1, 0.15) is 5.82 Å². The summed E-state index contributed by atoms with van der Waals surface area (Å²) in [6, 6.07) is 7.25. The molecule has 1 aliphatic rings. The van der Waals surface area contributed by atoms with Crippen molar-refractivity contribution in [2.45, 2.75) is 13.3 Å². The van der Waals surface area contributed by atoms with E-state index in [2.05, 4.69) is 14.7 Å². The fraction of sp³-hybridized carbons (Fsp3) is 0.350. The van der Waals surface area contributed by atoms with E-state index in [4.69, 9.17) is 11.0 Å². The highest BCUT2D eigenvalue weighted by molar-refractivity contribution is 5.87. The smallest absolute Gasteiger partial charge is 0.228 e. The molecule has 6 nitrogen and oxygen atoms in total. The Hall–Kier alpha value is -2.73. The lowest BCUT2D eigenvalue weighted by Crippen LogP contribution is -2.41. The molecule has 1 amide bonds. The van der Waals surface area contributed by atoms with E-state index in [0.29, 0.717) is 0 Å². The van der Waals surface area contributed by atoms with Crippen molar-refractivity contribution in [3.8, 4) is 11.3 Å². The highest BCUT2D eigenvalue weighted by Crippen LogP contribution is 2.25. The molecule has 1 fully saturated rings. The van der Waals surface area contributed by atoms with Crippen molar-refractivity contribution in [3.05, 3.63) is 48.2 Å². The Morgan fingerprint density at radius 1 is 1.19 bits per heavy atom. The average Bonchev–Trinajstić information content (AvgIpc) is 3.03. The number of carbonyl (C=O) groups is 1. The molecule has 0 N–H and O–H groups in total. The monoisotopic (exact) mass is 358 g/mol. The summed E-state index contributed by atoms with van der Waals surface area (Å²) in [4.78, 5) is 21.5. The predicted octanol–water partition coefficient (Wildman–Crippen LogP) is 2.35. The molecule has 26 heavy (non-hydrogen) atoms. The molecule has 0 unspecified atom stereocenters. The van der Waals surface area contributed by atoms with Crippen molar-refractivity contribution in [1.82, 2.24) is 19.4 Å². The Labute approximate surface area is 163 Å². The molecule has 1 aliphatic heterocycles. The normalized spacial score (nSPS) is 27.1. The molecule has 3 aromatic rings. The maximum absolute atomic E-state index is 13.1. The van der Waals surface area contributed by atoms with Gasteiger partial charge >= 0.3 is 0 Å². The maximum atomic E-state index is 13.1. The lowest BCUT2D eigenvalue weighted by molar-refractivity contribution is -0.134. The molecule has 3 heterocycles. The lowest BCUT2D eigenvalue weighted by atomic mass is 10.1. The lowest BCUT2D eigenvalue weighted by Gasteiger charge is -2.26. The number of imidazole rings is 1. The van der Waals surface area contributed by atoms with Crippen LogP contribution in [-0.2, 0) is 23.0 Å². The first-order valence-corrected chi connectivity index (χ1v) is 7.99. The second-order valence-electron chi connectivity index (χ2n) is 5.92. The number of hydrogen-bond donors (Lipinski definition) is 0. The maximum Gasteiger partial charge on any atom is 0.228 e. The number of hydrogen-bond acceptors (Lipinski definition) is 4. The Kier molecular flexibility index (Phi) is 2.60. The molecule has 0 atom stereocenters. The van der Waals surface area contributed by atoms with Crippen LogP contribution < -0.4 is 0 Å². The van der Waals surface area contributed by atoms with Crippen LogP contribution in [0.2, 0.25) is 0 Å². The number of aryl methyl sites for hydroxylation is 1. The second-order valence-corrected chi connectivity index (χ2v) is 5.92. The minimum absolute atomic E-state index is 0.0514. The van der Waals surface area contributed by atoms with Gasteiger partial charge in [0.2, 0.25) is 5.91 Å². The first-order valence-electron chi connectivity index (χ1n) is 12.0. The van der Waals surface area contributed by atoms with E-state index in [-0.39, 0.29) is 10.6 Å². The van der Waals surface area contributed by atoms with Gasteiger partial charge in [-0.3, -0.25) is 9.78 Å². The zero-order valence-corrected chi connectivity index (χ0v) is 14.3. The summed E-state index contributed by atoms with van der Waals surface area (Å²) >= 11 is 0. The van der Waals surface area contributed by atoms with E-state index in [0.717, 1.165) is 27.9 Å². The van der Waals surface area contributed by atoms with Gasteiger partial charge < -0.3 is 14.2 Å². The van der Waals surface area contributed by atoms with Crippen LogP contribution in [0.15, 0.2) is 36.7 Å². The first-order chi connectivity index (χ1) is 15.6. The van der Waals surface area contributed by atoms with Gasteiger partial charge in [0.15, 0.2) is 0 Å². The molecule has 0 saturated carbocycles. The van der Waals surface area contributed by atoms with E-state index < -0.39 is 38.4 Å². The number of pyridine rings is 1. The van der Waals surface area contributed by atoms with Gasteiger partial charge in [0, 0.05) is 37.2 Å². The zero-order valence-electron chi connectivity index (χ0n) is 22.3. The van der Waals surface area contributed by atoms with Crippen molar-refractivity contribution in [1.29, 1.82) is 0 Å². The average molecular weight is 358 g/mol. The van der Waals surface area contributed by atoms with Crippen LogP contribution in [0.25, 0.3) is 22.0 Å². The van der Waals surface area contributed by atoms with Crippen molar-refractivity contribution < 1.29 is 20.5 Å².